The lowest BCUT2D eigenvalue weighted by Gasteiger charge is -2.16. The first-order valence-corrected chi connectivity index (χ1v) is 7.31. The average molecular weight is 336 g/mol. The number of rotatable bonds is 5. The Morgan fingerprint density at radius 1 is 1.15 bits per heavy atom. The lowest BCUT2D eigenvalue weighted by atomic mass is 10.0. The molecule has 0 saturated carbocycles. The minimum absolute atomic E-state index is 0.0248. The first-order chi connectivity index (χ1) is 9.65. The summed E-state index contributed by atoms with van der Waals surface area (Å²) in [5, 5.41) is 0. The fourth-order valence-corrected chi connectivity index (χ4v) is 2.35. The molecule has 3 nitrogen and oxygen atoms in total. The summed E-state index contributed by atoms with van der Waals surface area (Å²) in [7, 11) is 1.64. The number of nitrogens with two attached hydrogens (primary N) is 1. The predicted molar refractivity (Wildman–Crippen MR) is 84.4 cm³/mol. The SMILES string of the molecule is CC[C@H](N)c1ccccc1Oc1ccc(OC)cc1Br. The summed E-state index contributed by atoms with van der Waals surface area (Å²) < 4.78 is 12.0. The van der Waals surface area contributed by atoms with E-state index < -0.39 is 0 Å². The van der Waals surface area contributed by atoms with Crippen LogP contribution in [0.15, 0.2) is 46.9 Å². The summed E-state index contributed by atoms with van der Waals surface area (Å²) in [4.78, 5) is 0. The number of ether oxygens (including phenoxy) is 2. The van der Waals surface area contributed by atoms with Gasteiger partial charge in [-0.1, -0.05) is 25.1 Å². The van der Waals surface area contributed by atoms with Crippen molar-refractivity contribution in [2.45, 2.75) is 19.4 Å². The van der Waals surface area contributed by atoms with E-state index >= 15 is 0 Å². The molecule has 0 amide bonds. The molecular formula is C16H18BrNO2. The highest BCUT2D eigenvalue weighted by atomic mass is 79.9. The average Bonchev–Trinajstić information content (AvgIpc) is 2.49. The fourth-order valence-electron chi connectivity index (χ4n) is 1.91. The molecule has 2 rings (SSSR count). The number of hydrogen-bond acceptors (Lipinski definition) is 3. The minimum atomic E-state index is -0.0248. The maximum Gasteiger partial charge on any atom is 0.141 e. The molecule has 0 spiro atoms. The second-order valence-electron chi connectivity index (χ2n) is 4.45. The lowest BCUT2D eigenvalue weighted by Crippen LogP contribution is -2.09. The third-order valence-electron chi connectivity index (χ3n) is 3.12. The van der Waals surface area contributed by atoms with Crippen molar-refractivity contribution < 1.29 is 9.47 Å². The van der Waals surface area contributed by atoms with Gasteiger partial charge < -0.3 is 15.2 Å². The summed E-state index contributed by atoms with van der Waals surface area (Å²) in [5.41, 5.74) is 7.13. The zero-order valence-electron chi connectivity index (χ0n) is 11.6. The summed E-state index contributed by atoms with van der Waals surface area (Å²) in [6, 6.07) is 13.4. The van der Waals surface area contributed by atoms with Crippen molar-refractivity contribution in [3.63, 3.8) is 0 Å². The molecule has 0 fully saturated rings. The minimum Gasteiger partial charge on any atom is -0.497 e. The van der Waals surface area contributed by atoms with Crippen molar-refractivity contribution >= 4 is 15.9 Å². The largest absolute Gasteiger partial charge is 0.497 e. The maximum absolute atomic E-state index is 6.12. The maximum atomic E-state index is 6.12. The monoisotopic (exact) mass is 335 g/mol. The van der Waals surface area contributed by atoms with Crippen molar-refractivity contribution in [3.8, 4) is 17.2 Å². The second kappa shape index (κ2) is 6.77. The molecule has 0 radical (unpaired) electrons. The third kappa shape index (κ3) is 3.32. The zero-order chi connectivity index (χ0) is 14.5. The highest BCUT2D eigenvalue weighted by Crippen LogP contribution is 2.35. The Morgan fingerprint density at radius 2 is 1.90 bits per heavy atom. The standard InChI is InChI=1S/C16H18BrNO2/c1-3-14(18)12-6-4-5-7-15(12)20-16-9-8-11(19-2)10-13(16)17/h4-10,14H,3,18H2,1-2H3/t14-/m0/s1. The number of hydrogen-bond donors (Lipinski definition) is 1. The fraction of sp³-hybridized carbons (Fsp3) is 0.250. The molecule has 4 heteroatoms. The highest BCUT2D eigenvalue weighted by molar-refractivity contribution is 9.10. The van der Waals surface area contributed by atoms with Gasteiger partial charge >= 0.3 is 0 Å². The Balaban J connectivity index is 2.30. The van der Waals surface area contributed by atoms with E-state index in [1.165, 1.54) is 0 Å². The first kappa shape index (κ1) is 14.9. The van der Waals surface area contributed by atoms with Gasteiger partial charge in [-0.2, -0.15) is 0 Å². The molecule has 0 heterocycles. The van der Waals surface area contributed by atoms with Gasteiger partial charge in [0.05, 0.1) is 11.6 Å². The molecule has 2 aromatic carbocycles. The summed E-state index contributed by atoms with van der Waals surface area (Å²) >= 11 is 3.49. The normalized spacial score (nSPS) is 12.0. The number of benzene rings is 2. The van der Waals surface area contributed by atoms with E-state index in [9.17, 15) is 0 Å². The van der Waals surface area contributed by atoms with Crippen molar-refractivity contribution in [2.75, 3.05) is 7.11 Å². The number of halogens is 1. The van der Waals surface area contributed by atoms with Gasteiger partial charge in [0.2, 0.25) is 0 Å². The molecule has 0 bridgehead atoms. The molecule has 0 aliphatic heterocycles. The molecule has 0 unspecified atom stereocenters. The van der Waals surface area contributed by atoms with Gasteiger partial charge in [0.25, 0.3) is 0 Å². The Kier molecular flexibility index (Phi) is 5.04. The van der Waals surface area contributed by atoms with Crippen LogP contribution in [0, 0.1) is 0 Å². The van der Waals surface area contributed by atoms with E-state index in [2.05, 4.69) is 22.9 Å². The van der Waals surface area contributed by atoms with Crippen LogP contribution in [0.2, 0.25) is 0 Å². The van der Waals surface area contributed by atoms with Gasteiger partial charge in [-0.3, -0.25) is 0 Å². The van der Waals surface area contributed by atoms with Crippen molar-refractivity contribution in [1.82, 2.24) is 0 Å². The van der Waals surface area contributed by atoms with E-state index in [1.807, 2.05) is 42.5 Å². The summed E-state index contributed by atoms with van der Waals surface area (Å²) in [6.45, 7) is 2.06. The van der Waals surface area contributed by atoms with E-state index in [-0.39, 0.29) is 6.04 Å². The van der Waals surface area contributed by atoms with Crippen molar-refractivity contribution in [2.24, 2.45) is 5.73 Å². The Morgan fingerprint density at radius 3 is 2.55 bits per heavy atom. The zero-order valence-corrected chi connectivity index (χ0v) is 13.2. The van der Waals surface area contributed by atoms with E-state index in [0.717, 1.165) is 33.7 Å². The van der Waals surface area contributed by atoms with Gasteiger partial charge in [0.15, 0.2) is 0 Å². The van der Waals surface area contributed by atoms with Gasteiger partial charge in [0.1, 0.15) is 17.2 Å². The second-order valence-corrected chi connectivity index (χ2v) is 5.31. The Hall–Kier alpha value is -1.52. The molecule has 0 aliphatic carbocycles. The molecule has 0 saturated heterocycles. The number of para-hydroxylation sites is 1. The Bertz CT molecular complexity index is 586. The van der Waals surface area contributed by atoms with Crippen LogP contribution in [-0.2, 0) is 0 Å². The van der Waals surface area contributed by atoms with Crippen molar-refractivity contribution in [3.05, 3.63) is 52.5 Å². The van der Waals surface area contributed by atoms with Gasteiger partial charge in [-0.25, -0.2) is 0 Å². The third-order valence-corrected chi connectivity index (χ3v) is 3.74. The van der Waals surface area contributed by atoms with E-state index in [1.54, 1.807) is 7.11 Å². The molecule has 2 N–H and O–H groups in total. The van der Waals surface area contributed by atoms with E-state index in [4.69, 9.17) is 15.2 Å². The molecule has 106 valence electrons. The van der Waals surface area contributed by atoms with Crippen LogP contribution in [0.3, 0.4) is 0 Å². The summed E-state index contributed by atoms with van der Waals surface area (Å²) in [6.07, 6.45) is 0.865. The Labute approximate surface area is 127 Å². The molecule has 20 heavy (non-hydrogen) atoms. The smallest absolute Gasteiger partial charge is 0.141 e. The quantitative estimate of drug-likeness (QED) is 0.864. The number of methoxy groups -OCH3 is 1. The highest BCUT2D eigenvalue weighted by Gasteiger charge is 2.12. The van der Waals surface area contributed by atoms with Gasteiger partial charge in [0, 0.05) is 11.6 Å². The predicted octanol–water partition coefficient (Wildman–Crippen LogP) is 4.66. The lowest BCUT2D eigenvalue weighted by molar-refractivity contribution is 0.411. The van der Waals surface area contributed by atoms with Gasteiger partial charge in [-0.05, 0) is 46.6 Å². The van der Waals surface area contributed by atoms with Crippen LogP contribution >= 0.6 is 15.9 Å². The molecule has 0 aliphatic rings. The molecule has 0 aromatic heterocycles. The van der Waals surface area contributed by atoms with E-state index in [0.29, 0.717) is 0 Å². The van der Waals surface area contributed by atoms with Crippen LogP contribution < -0.4 is 15.2 Å². The van der Waals surface area contributed by atoms with Crippen LogP contribution in [-0.4, -0.2) is 7.11 Å². The van der Waals surface area contributed by atoms with Crippen LogP contribution in [0.1, 0.15) is 24.9 Å². The van der Waals surface area contributed by atoms with Crippen LogP contribution in [0.5, 0.6) is 17.2 Å². The molecule has 1 atom stereocenters. The van der Waals surface area contributed by atoms with Crippen LogP contribution in [0.4, 0.5) is 0 Å². The first-order valence-electron chi connectivity index (χ1n) is 6.51. The van der Waals surface area contributed by atoms with Crippen molar-refractivity contribution in [1.29, 1.82) is 0 Å². The summed E-state index contributed by atoms with van der Waals surface area (Å²) in [5.74, 6) is 2.30. The molecule has 2 aromatic rings. The topological polar surface area (TPSA) is 44.5 Å². The van der Waals surface area contributed by atoms with Gasteiger partial charge in [-0.15, -0.1) is 0 Å². The molecular weight excluding hydrogens is 318 g/mol. The van der Waals surface area contributed by atoms with Crippen LogP contribution in [0.25, 0.3) is 0 Å².